The number of ether oxygens (including phenoxy) is 1. The van der Waals surface area contributed by atoms with E-state index in [1.54, 1.807) is 4.80 Å². The Morgan fingerprint density at radius 3 is 2.67 bits per heavy atom. The highest BCUT2D eigenvalue weighted by atomic mass is 16.5. The first-order valence-electron chi connectivity index (χ1n) is 8.87. The Morgan fingerprint density at radius 1 is 1.12 bits per heavy atom. The zero-order valence-corrected chi connectivity index (χ0v) is 14.4. The summed E-state index contributed by atoms with van der Waals surface area (Å²) >= 11 is 0. The van der Waals surface area contributed by atoms with Crippen LogP contribution in [0.4, 0.5) is 0 Å². The normalized spacial score (nSPS) is 15.7. The van der Waals surface area contributed by atoms with Crippen LogP contribution in [0.5, 0.6) is 0 Å². The molecule has 0 spiro atoms. The number of aromatic nitrogens is 3. The highest BCUT2D eigenvalue weighted by Gasteiger charge is 2.12. The second-order valence-electron chi connectivity index (χ2n) is 6.03. The Kier molecular flexibility index (Phi) is 6.34. The van der Waals surface area contributed by atoms with Crippen molar-refractivity contribution in [2.45, 2.75) is 26.4 Å². The molecule has 1 fully saturated rings. The fourth-order valence-corrected chi connectivity index (χ4v) is 2.92. The predicted octanol–water partition coefficient (Wildman–Crippen LogP) is 1.78. The molecular weight excluding hydrogens is 302 g/mol. The molecule has 1 N–H and O–H groups in total. The summed E-state index contributed by atoms with van der Waals surface area (Å²) in [7, 11) is 0. The lowest BCUT2D eigenvalue weighted by molar-refractivity contribution is 0.0374. The van der Waals surface area contributed by atoms with Gasteiger partial charge < -0.3 is 10.1 Å². The van der Waals surface area contributed by atoms with Crippen LogP contribution >= 0.6 is 0 Å². The van der Waals surface area contributed by atoms with Crippen molar-refractivity contribution in [2.75, 3.05) is 39.4 Å². The number of aryl methyl sites for hydroxylation is 1. The molecule has 2 heterocycles. The highest BCUT2D eigenvalue weighted by molar-refractivity contribution is 5.60. The molecular formula is C18H27N5O. The smallest absolute Gasteiger partial charge is 0.117 e. The number of nitrogens with zero attached hydrogens (tertiary/aromatic N) is 4. The predicted molar refractivity (Wildman–Crippen MR) is 94.7 cm³/mol. The maximum Gasteiger partial charge on any atom is 0.117 e. The summed E-state index contributed by atoms with van der Waals surface area (Å²) in [4.78, 5) is 4.24. The second-order valence-corrected chi connectivity index (χ2v) is 6.03. The van der Waals surface area contributed by atoms with Crippen LogP contribution in [0.3, 0.4) is 0 Å². The van der Waals surface area contributed by atoms with Gasteiger partial charge in [-0.05, 0) is 26.4 Å². The zero-order chi connectivity index (χ0) is 16.6. The van der Waals surface area contributed by atoms with Crippen molar-refractivity contribution in [1.82, 2.24) is 25.2 Å². The van der Waals surface area contributed by atoms with Gasteiger partial charge in [0.1, 0.15) is 11.4 Å². The third kappa shape index (κ3) is 4.63. The van der Waals surface area contributed by atoms with Crippen molar-refractivity contribution in [1.29, 1.82) is 0 Å². The van der Waals surface area contributed by atoms with Crippen molar-refractivity contribution in [3.8, 4) is 11.3 Å². The third-order valence-corrected chi connectivity index (χ3v) is 4.28. The highest BCUT2D eigenvalue weighted by Crippen LogP contribution is 2.19. The van der Waals surface area contributed by atoms with Crippen LogP contribution in [0.25, 0.3) is 11.3 Å². The number of morpholine rings is 1. The summed E-state index contributed by atoms with van der Waals surface area (Å²) in [5.41, 5.74) is 3.13. The number of hydrogen-bond donors (Lipinski definition) is 1. The minimum Gasteiger partial charge on any atom is -0.379 e. The van der Waals surface area contributed by atoms with Crippen LogP contribution in [-0.2, 0) is 17.8 Å². The lowest BCUT2D eigenvalue weighted by Gasteiger charge is -2.26. The van der Waals surface area contributed by atoms with Crippen LogP contribution in [0.1, 0.15) is 19.0 Å². The molecule has 3 rings (SSSR count). The third-order valence-electron chi connectivity index (χ3n) is 4.28. The minimum atomic E-state index is 0.757. The zero-order valence-electron chi connectivity index (χ0n) is 14.4. The van der Waals surface area contributed by atoms with Crippen LogP contribution in [-0.4, -0.2) is 59.3 Å². The van der Waals surface area contributed by atoms with Crippen molar-refractivity contribution in [3.05, 3.63) is 36.0 Å². The van der Waals surface area contributed by atoms with E-state index in [2.05, 4.69) is 39.5 Å². The Bertz CT molecular complexity index is 607. The van der Waals surface area contributed by atoms with Crippen molar-refractivity contribution >= 4 is 0 Å². The molecule has 1 aliphatic rings. The number of benzene rings is 1. The fraction of sp³-hybridized carbons (Fsp3) is 0.556. The van der Waals surface area contributed by atoms with E-state index >= 15 is 0 Å². The van der Waals surface area contributed by atoms with E-state index < -0.39 is 0 Å². The van der Waals surface area contributed by atoms with E-state index in [1.807, 2.05) is 18.2 Å². The molecule has 1 aliphatic heterocycles. The molecule has 6 nitrogen and oxygen atoms in total. The molecule has 2 aromatic rings. The molecule has 0 amide bonds. The molecule has 24 heavy (non-hydrogen) atoms. The van der Waals surface area contributed by atoms with Gasteiger partial charge in [0, 0.05) is 25.2 Å². The summed E-state index contributed by atoms with van der Waals surface area (Å²) in [6, 6.07) is 10.3. The maximum absolute atomic E-state index is 5.38. The Hall–Kier alpha value is -1.76. The van der Waals surface area contributed by atoms with Gasteiger partial charge in [-0.2, -0.15) is 15.0 Å². The molecule has 0 saturated carbocycles. The quantitative estimate of drug-likeness (QED) is 0.748. The number of hydrogen-bond acceptors (Lipinski definition) is 5. The van der Waals surface area contributed by atoms with E-state index in [0.29, 0.717) is 0 Å². The molecule has 0 unspecified atom stereocenters. The van der Waals surface area contributed by atoms with E-state index in [-0.39, 0.29) is 0 Å². The molecule has 6 heteroatoms. The summed E-state index contributed by atoms with van der Waals surface area (Å²) in [6.07, 6.45) is 1.14. The van der Waals surface area contributed by atoms with Gasteiger partial charge in [0.05, 0.1) is 19.8 Å². The topological polar surface area (TPSA) is 55.2 Å². The van der Waals surface area contributed by atoms with E-state index in [1.165, 1.54) is 0 Å². The molecule has 0 bridgehead atoms. The van der Waals surface area contributed by atoms with E-state index in [4.69, 9.17) is 4.74 Å². The summed E-state index contributed by atoms with van der Waals surface area (Å²) in [5, 5.41) is 12.7. The molecule has 1 saturated heterocycles. The van der Waals surface area contributed by atoms with Crippen molar-refractivity contribution < 1.29 is 4.74 Å². The van der Waals surface area contributed by atoms with E-state index in [0.717, 1.165) is 75.9 Å². The SMILES string of the molecule is CCn1nc(CNCCCN2CCOCC2)c(-c2ccccc2)n1. The van der Waals surface area contributed by atoms with Gasteiger partial charge in [0.15, 0.2) is 0 Å². The minimum absolute atomic E-state index is 0.757. The molecule has 0 radical (unpaired) electrons. The average Bonchev–Trinajstić information content (AvgIpc) is 3.06. The van der Waals surface area contributed by atoms with Gasteiger partial charge in [-0.15, -0.1) is 0 Å². The van der Waals surface area contributed by atoms with Gasteiger partial charge in [-0.3, -0.25) is 4.90 Å². The Labute approximate surface area is 143 Å². The summed E-state index contributed by atoms with van der Waals surface area (Å²) in [6.45, 7) is 9.58. The Morgan fingerprint density at radius 2 is 1.92 bits per heavy atom. The largest absolute Gasteiger partial charge is 0.379 e. The fourth-order valence-electron chi connectivity index (χ4n) is 2.92. The maximum atomic E-state index is 5.38. The molecule has 0 atom stereocenters. The molecule has 1 aromatic carbocycles. The number of rotatable bonds is 8. The second kappa shape index (κ2) is 8.92. The first-order valence-corrected chi connectivity index (χ1v) is 8.87. The van der Waals surface area contributed by atoms with E-state index in [9.17, 15) is 0 Å². The lowest BCUT2D eigenvalue weighted by Crippen LogP contribution is -2.37. The average molecular weight is 329 g/mol. The molecule has 1 aromatic heterocycles. The molecule has 130 valence electrons. The molecule has 0 aliphatic carbocycles. The monoisotopic (exact) mass is 329 g/mol. The summed E-state index contributed by atoms with van der Waals surface area (Å²) < 4.78 is 5.38. The standard InChI is InChI=1S/C18H27N5O/c1-2-23-20-17(18(21-23)16-7-4-3-5-8-16)15-19-9-6-10-22-11-13-24-14-12-22/h3-5,7-8,19H,2,6,9-15H2,1H3. The van der Waals surface area contributed by atoms with Gasteiger partial charge >= 0.3 is 0 Å². The first kappa shape index (κ1) is 17.1. The Balaban J connectivity index is 1.50. The van der Waals surface area contributed by atoms with Gasteiger partial charge in [0.2, 0.25) is 0 Å². The van der Waals surface area contributed by atoms with Gasteiger partial charge in [0.25, 0.3) is 0 Å². The van der Waals surface area contributed by atoms with Crippen LogP contribution in [0.15, 0.2) is 30.3 Å². The summed E-state index contributed by atoms with van der Waals surface area (Å²) in [5.74, 6) is 0. The van der Waals surface area contributed by atoms with Crippen molar-refractivity contribution in [3.63, 3.8) is 0 Å². The lowest BCUT2D eigenvalue weighted by atomic mass is 10.1. The first-order chi connectivity index (χ1) is 11.9. The van der Waals surface area contributed by atoms with Crippen molar-refractivity contribution in [2.24, 2.45) is 0 Å². The van der Waals surface area contributed by atoms with Crippen LogP contribution in [0.2, 0.25) is 0 Å². The van der Waals surface area contributed by atoms with Crippen LogP contribution in [0, 0.1) is 0 Å². The van der Waals surface area contributed by atoms with Gasteiger partial charge in [-0.25, -0.2) is 0 Å². The van der Waals surface area contributed by atoms with Crippen LogP contribution < -0.4 is 5.32 Å². The van der Waals surface area contributed by atoms with Gasteiger partial charge in [-0.1, -0.05) is 30.3 Å². The number of nitrogens with one attached hydrogen (secondary N) is 1.